The standard InChI is InChI=1S/C19H22N2O.C13H16O3/c1-2-13-12-21-10-8-14(13)11-18(21)19(22)16-7-9-20-17-6-4-3-5-15(16)17;14-12(15)13(16,11-8-4-5-9-11)10-6-2-1-3-7-10/h2-7,9,13-14,18-19,22H,1,8,10-12H2;1-3,6-7,11,16H,4-5,8-9H2,(H,14,15)/t13-,14-,18-,19+;13-/m00/s1. The van der Waals surface area contributed by atoms with E-state index in [1.807, 2.05) is 36.5 Å². The third kappa shape index (κ3) is 5.00. The molecule has 0 radical (unpaired) electrons. The first-order valence-corrected chi connectivity index (χ1v) is 13.8. The van der Waals surface area contributed by atoms with E-state index in [1.165, 1.54) is 6.42 Å². The number of piperidine rings is 3. The number of rotatable bonds is 6. The number of aliphatic hydroxyl groups is 2. The van der Waals surface area contributed by atoms with Gasteiger partial charge in [0.2, 0.25) is 0 Å². The lowest BCUT2D eigenvalue weighted by atomic mass is 9.73. The number of hydrogen-bond acceptors (Lipinski definition) is 5. The number of benzene rings is 2. The van der Waals surface area contributed by atoms with Gasteiger partial charge in [0.1, 0.15) is 0 Å². The molecule has 0 unspecified atom stereocenters. The summed E-state index contributed by atoms with van der Waals surface area (Å²) in [7, 11) is 0. The maximum atomic E-state index is 11.4. The Labute approximate surface area is 224 Å². The van der Waals surface area contributed by atoms with E-state index in [0.717, 1.165) is 61.7 Å². The van der Waals surface area contributed by atoms with Crippen molar-refractivity contribution in [3.8, 4) is 0 Å². The molecule has 3 N–H and O–H groups in total. The molecule has 2 bridgehead atoms. The van der Waals surface area contributed by atoms with Crippen LogP contribution in [0.5, 0.6) is 0 Å². The first kappa shape index (κ1) is 26.5. The number of hydrogen-bond donors (Lipinski definition) is 3. The van der Waals surface area contributed by atoms with Gasteiger partial charge in [0, 0.05) is 30.1 Å². The Morgan fingerprint density at radius 1 is 1.05 bits per heavy atom. The zero-order chi connectivity index (χ0) is 26.7. The molecule has 4 aliphatic rings. The van der Waals surface area contributed by atoms with Gasteiger partial charge in [0.15, 0.2) is 5.60 Å². The van der Waals surface area contributed by atoms with Gasteiger partial charge in [-0.15, -0.1) is 6.58 Å². The summed E-state index contributed by atoms with van der Waals surface area (Å²) in [6, 6.07) is 19.0. The summed E-state index contributed by atoms with van der Waals surface area (Å²) in [6.07, 6.45) is 9.35. The molecule has 1 saturated carbocycles. The van der Waals surface area contributed by atoms with Gasteiger partial charge in [-0.05, 0) is 67.3 Å². The molecule has 38 heavy (non-hydrogen) atoms. The van der Waals surface area contributed by atoms with E-state index in [0.29, 0.717) is 17.4 Å². The molecule has 0 spiro atoms. The van der Waals surface area contributed by atoms with Crippen LogP contribution in [-0.2, 0) is 10.4 Å². The Kier molecular flexibility index (Phi) is 7.93. The van der Waals surface area contributed by atoms with Crippen molar-refractivity contribution in [2.45, 2.75) is 56.3 Å². The van der Waals surface area contributed by atoms with Crippen LogP contribution in [0.4, 0.5) is 0 Å². The number of aromatic nitrogens is 1. The van der Waals surface area contributed by atoms with Gasteiger partial charge >= 0.3 is 5.97 Å². The molecule has 3 saturated heterocycles. The third-order valence-corrected chi connectivity index (χ3v) is 9.01. The molecule has 7 rings (SSSR count). The van der Waals surface area contributed by atoms with Gasteiger partial charge in [0.25, 0.3) is 0 Å². The zero-order valence-electron chi connectivity index (χ0n) is 21.8. The number of carboxylic acids is 1. The SMILES string of the molecule is C=C[C@H]1C[N@]2CC[C@H]1C[C@H]2[C@H](O)c1ccnc2ccccc12.O=C(O)[C@](O)(c1ccccc1)C1CCCC1. The molecule has 200 valence electrons. The molecule has 6 atom stereocenters. The van der Waals surface area contributed by atoms with Crippen molar-refractivity contribution in [2.24, 2.45) is 17.8 Å². The van der Waals surface area contributed by atoms with Crippen LogP contribution in [0.25, 0.3) is 10.9 Å². The minimum absolute atomic E-state index is 0.160. The molecule has 3 aromatic rings. The summed E-state index contributed by atoms with van der Waals surface area (Å²) in [4.78, 5) is 18.2. The van der Waals surface area contributed by atoms with Crippen LogP contribution in [0.3, 0.4) is 0 Å². The van der Waals surface area contributed by atoms with Crippen molar-refractivity contribution in [1.29, 1.82) is 0 Å². The lowest BCUT2D eigenvalue weighted by Gasteiger charge is -2.50. The second-order valence-corrected chi connectivity index (χ2v) is 11.0. The van der Waals surface area contributed by atoms with E-state index in [4.69, 9.17) is 0 Å². The number of carboxylic acid groups (broad SMARTS) is 1. The highest BCUT2D eigenvalue weighted by atomic mass is 16.4. The zero-order valence-corrected chi connectivity index (χ0v) is 21.8. The fraction of sp³-hybridized carbons (Fsp3) is 0.438. The van der Waals surface area contributed by atoms with Gasteiger partial charge in [-0.2, -0.15) is 0 Å². The monoisotopic (exact) mass is 514 g/mol. The van der Waals surface area contributed by atoms with E-state index < -0.39 is 17.7 Å². The molecule has 6 heteroatoms. The molecule has 2 aromatic carbocycles. The first-order valence-electron chi connectivity index (χ1n) is 13.8. The quantitative estimate of drug-likeness (QED) is 0.386. The number of fused-ring (bicyclic) bond motifs is 4. The molecule has 3 aliphatic heterocycles. The first-order chi connectivity index (χ1) is 18.4. The van der Waals surface area contributed by atoms with Crippen molar-refractivity contribution in [3.63, 3.8) is 0 Å². The largest absolute Gasteiger partial charge is 0.479 e. The predicted octanol–water partition coefficient (Wildman–Crippen LogP) is 5.31. The minimum Gasteiger partial charge on any atom is -0.479 e. The Hall–Kier alpha value is -3.06. The van der Waals surface area contributed by atoms with Crippen LogP contribution in [0.2, 0.25) is 0 Å². The summed E-state index contributed by atoms with van der Waals surface area (Å²) in [5.41, 5.74) is 0.754. The molecule has 0 amide bonds. The number of aliphatic hydroxyl groups excluding tert-OH is 1. The number of pyridine rings is 1. The van der Waals surface area contributed by atoms with Crippen LogP contribution in [0.15, 0.2) is 79.5 Å². The Morgan fingerprint density at radius 2 is 1.76 bits per heavy atom. The lowest BCUT2D eigenvalue weighted by Crippen LogP contribution is -2.54. The van der Waals surface area contributed by atoms with Gasteiger partial charge in [-0.25, -0.2) is 4.79 Å². The van der Waals surface area contributed by atoms with E-state index >= 15 is 0 Å². The summed E-state index contributed by atoms with van der Waals surface area (Å²) in [5.74, 6) is -0.0281. The fourth-order valence-electron chi connectivity index (χ4n) is 6.86. The Morgan fingerprint density at radius 3 is 2.42 bits per heavy atom. The van der Waals surface area contributed by atoms with Crippen LogP contribution in [-0.4, -0.2) is 50.3 Å². The van der Waals surface area contributed by atoms with Crippen LogP contribution >= 0.6 is 0 Å². The normalized spacial score (nSPS) is 27.2. The number of para-hydroxylation sites is 1. The summed E-state index contributed by atoms with van der Waals surface area (Å²) in [5, 5.41) is 31.9. The molecule has 4 heterocycles. The minimum atomic E-state index is -1.71. The van der Waals surface area contributed by atoms with Crippen molar-refractivity contribution >= 4 is 16.9 Å². The summed E-state index contributed by atoms with van der Waals surface area (Å²) in [6.45, 7) is 6.11. The number of aliphatic carboxylic acids is 1. The molecular formula is C32H38N2O4. The molecule has 1 aromatic heterocycles. The van der Waals surface area contributed by atoms with E-state index in [2.05, 4.69) is 28.6 Å². The Bertz CT molecular complexity index is 1250. The predicted molar refractivity (Wildman–Crippen MR) is 148 cm³/mol. The van der Waals surface area contributed by atoms with Crippen molar-refractivity contribution in [3.05, 3.63) is 90.6 Å². The fourth-order valence-corrected chi connectivity index (χ4v) is 6.86. The van der Waals surface area contributed by atoms with Gasteiger partial charge in [-0.3, -0.25) is 9.88 Å². The van der Waals surface area contributed by atoms with Gasteiger partial charge in [0.05, 0.1) is 11.6 Å². The van der Waals surface area contributed by atoms with Crippen LogP contribution in [0, 0.1) is 17.8 Å². The maximum absolute atomic E-state index is 11.4. The average Bonchev–Trinajstić information content (AvgIpc) is 3.52. The topological polar surface area (TPSA) is 93.9 Å². The Balaban J connectivity index is 0.000000163. The van der Waals surface area contributed by atoms with Crippen molar-refractivity contribution in [1.82, 2.24) is 9.88 Å². The highest BCUT2D eigenvalue weighted by Gasteiger charge is 2.46. The molecular weight excluding hydrogens is 476 g/mol. The lowest BCUT2D eigenvalue weighted by molar-refractivity contribution is -0.166. The maximum Gasteiger partial charge on any atom is 0.340 e. The average molecular weight is 515 g/mol. The van der Waals surface area contributed by atoms with Crippen LogP contribution in [0.1, 0.15) is 55.8 Å². The number of nitrogens with zero attached hydrogens (tertiary/aromatic N) is 2. The van der Waals surface area contributed by atoms with Gasteiger partial charge < -0.3 is 15.3 Å². The van der Waals surface area contributed by atoms with Crippen LogP contribution < -0.4 is 0 Å². The highest BCUT2D eigenvalue weighted by molar-refractivity contribution is 5.82. The van der Waals surface area contributed by atoms with E-state index in [-0.39, 0.29) is 12.0 Å². The smallest absolute Gasteiger partial charge is 0.340 e. The van der Waals surface area contributed by atoms with E-state index in [9.17, 15) is 20.1 Å². The highest BCUT2D eigenvalue weighted by Crippen LogP contribution is 2.42. The van der Waals surface area contributed by atoms with Gasteiger partial charge in [-0.1, -0.05) is 67.4 Å². The second-order valence-electron chi connectivity index (χ2n) is 11.0. The molecule has 4 fully saturated rings. The van der Waals surface area contributed by atoms with Crippen molar-refractivity contribution in [2.75, 3.05) is 13.1 Å². The summed E-state index contributed by atoms with van der Waals surface area (Å²) < 4.78 is 0. The second kappa shape index (κ2) is 11.4. The number of carbonyl (C=O) groups is 1. The van der Waals surface area contributed by atoms with E-state index in [1.54, 1.807) is 24.3 Å². The van der Waals surface area contributed by atoms with Crippen molar-refractivity contribution < 1.29 is 20.1 Å². The molecule has 6 nitrogen and oxygen atoms in total. The third-order valence-electron chi connectivity index (χ3n) is 9.01. The molecule has 1 aliphatic carbocycles. The summed E-state index contributed by atoms with van der Waals surface area (Å²) >= 11 is 0.